The minimum Gasteiger partial charge on any atom is -0.350 e. The maximum Gasteiger partial charge on any atom is 0.223 e. The van der Waals surface area contributed by atoms with Crippen LogP contribution in [0, 0.1) is 5.82 Å². The van der Waals surface area contributed by atoms with E-state index in [2.05, 4.69) is 20.2 Å². The van der Waals surface area contributed by atoms with Crippen LogP contribution < -0.4 is 5.32 Å². The highest BCUT2D eigenvalue weighted by molar-refractivity contribution is 5.24. The molecule has 1 rings (SSSR count). The Morgan fingerprint density at radius 3 is 2.50 bits per heavy atom. The van der Waals surface area contributed by atoms with Gasteiger partial charge in [0.2, 0.25) is 5.95 Å². The molecule has 1 unspecified atom stereocenters. The Morgan fingerprint density at radius 1 is 1.43 bits per heavy atom. The maximum atomic E-state index is 12.5. The predicted octanol–water partition coefficient (Wildman–Crippen LogP) is 0.978. The Labute approximate surface area is 83.2 Å². The SMILES string of the molecule is CC(CN(C)C)Nc1ncc(F)cn1. The van der Waals surface area contributed by atoms with Crippen LogP contribution in [0.1, 0.15) is 6.92 Å². The van der Waals surface area contributed by atoms with Crippen molar-refractivity contribution in [2.24, 2.45) is 0 Å². The molecule has 0 saturated heterocycles. The Hall–Kier alpha value is -1.23. The fourth-order valence-corrected chi connectivity index (χ4v) is 1.20. The van der Waals surface area contributed by atoms with Crippen molar-refractivity contribution in [3.8, 4) is 0 Å². The third kappa shape index (κ3) is 3.66. The molecule has 1 atom stereocenters. The van der Waals surface area contributed by atoms with Gasteiger partial charge in [0.1, 0.15) is 0 Å². The molecule has 78 valence electrons. The molecule has 0 spiro atoms. The van der Waals surface area contributed by atoms with Crippen LogP contribution in [-0.2, 0) is 0 Å². The summed E-state index contributed by atoms with van der Waals surface area (Å²) >= 11 is 0. The first-order valence-corrected chi connectivity index (χ1v) is 4.46. The van der Waals surface area contributed by atoms with Gasteiger partial charge in [-0.25, -0.2) is 14.4 Å². The van der Waals surface area contributed by atoms with Crippen LogP contribution in [-0.4, -0.2) is 41.5 Å². The summed E-state index contributed by atoms with van der Waals surface area (Å²) in [5, 5.41) is 3.07. The zero-order chi connectivity index (χ0) is 10.6. The summed E-state index contributed by atoms with van der Waals surface area (Å²) in [6.45, 7) is 2.90. The Morgan fingerprint density at radius 2 is 2.00 bits per heavy atom. The minimum absolute atomic E-state index is 0.232. The number of halogens is 1. The largest absolute Gasteiger partial charge is 0.350 e. The van der Waals surface area contributed by atoms with Gasteiger partial charge in [-0.3, -0.25) is 0 Å². The molecule has 0 aliphatic carbocycles. The average molecular weight is 198 g/mol. The number of hydrogen-bond acceptors (Lipinski definition) is 4. The van der Waals surface area contributed by atoms with Crippen LogP contribution >= 0.6 is 0 Å². The van der Waals surface area contributed by atoms with Gasteiger partial charge >= 0.3 is 0 Å². The van der Waals surface area contributed by atoms with Gasteiger partial charge in [0.05, 0.1) is 12.4 Å². The summed E-state index contributed by atoms with van der Waals surface area (Å²) in [5.41, 5.74) is 0. The van der Waals surface area contributed by atoms with Crippen LogP contribution in [0.2, 0.25) is 0 Å². The van der Waals surface area contributed by atoms with E-state index < -0.39 is 5.82 Å². The monoisotopic (exact) mass is 198 g/mol. The Bertz CT molecular complexity index is 273. The fourth-order valence-electron chi connectivity index (χ4n) is 1.20. The molecule has 1 aromatic heterocycles. The van der Waals surface area contributed by atoms with Gasteiger partial charge in [-0.15, -0.1) is 0 Å². The van der Waals surface area contributed by atoms with Crippen molar-refractivity contribution in [2.45, 2.75) is 13.0 Å². The van der Waals surface area contributed by atoms with Crippen LogP contribution in [0.15, 0.2) is 12.4 Å². The number of likely N-dealkylation sites (N-methyl/N-ethyl adjacent to an activating group) is 1. The first-order chi connectivity index (χ1) is 6.58. The second kappa shape index (κ2) is 4.85. The van der Waals surface area contributed by atoms with Gasteiger partial charge in [-0.2, -0.15) is 0 Å². The first-order valence-electron chi connectivity index (χ1n) is 4.46. The van der Waals surface area contributed by atoms with Crippen molar-refractivity contribution < 1.29 is 4.39 Å². The minimum atomic E-state index is -0.421. The molecule has 0 radical (unpaired) electrons. The molecule has 0 aliphatic heterocycles. The molecule has 1 heterocycles. The number of nitrogens with one attached hydrogen (secondary N) is 1. The second-order valence-electron chi connectivity index (χ2n) is 3.53. The van der Waals surface area contributed by atoms with E-state index in [1.807, 2.05) is 21.0 Å². The summed E-state index contributed by atoms with van der Waals surface area (Å²) in [4.78, 5) is 9.68. The summed E-state index contributed by atoms with van der Waals surface area (Å²) < 4.78 is 12.5. The molecule has 4 nitrogen and oxygen atoms in total. The highest BCUT2D eigenvalue weighted by atomic mass is 19.1. The lowest BCUT2D eigenvalue weighted by Gasteiger charge is -2.17. The number of nitrogens with zero attached hydrogens (tertiary/aromatic N) is 3. The molecule has 0 aromatic carbocycles. The van der Waals surface area contributed by atoms with E-state index in [0.717, 1.165) is 18.9 Å². The van der Waals surface area contributed by atoms with Gasteiger partial charge in [0.15, 0.2) is 5.82 Å². The lowest BCUT2D eigenvalue weighted by atomic mass is 10.3. The van der Waals surface area contributed by atoms with Crippen molar-refractivity contribution in [1.82, 2.24) is 14.9 Å². The number of rotatable bonds is 4. The Balaban J connectivity index is 2.47. The molecule has 0 aliphatic rings. The van der Waals surface area contributed by atoms with E-state index in [1.54, 1.807) is 0 Å². The van der Waals surface area contributed by atoms with Gasteiger partial charge in [-0.1, -0.05) is 0 Å². The molecule has 5 heteroatoms. The Kier molecular flexibility index (Phi) is 3.76. The topological polar surface area (TPSA) is 41.0 Å². The highest BCUT2D eigenvalue weighted by Crippen LogP contribution is 2.00. The third-order valence-electron chi connectivity index (χ3n) is 1.63. The second-order valence-corrected chi connectivity index (χ2v) is 3.53. The van der Waals surface area contributed by atoms with E-state index in [4.69, 9.17) is 0 Å². The van der Waals surface area contributed by atoms with E-state index in [0.29, 0.717) is 5.95 Å². The standard InChI is InChI=1S/C9H15FN4/c1-7(6-14(2)3)13-9-11-4-8(10)5-12-9/h4-5,7H,6H2,1-3H3,(H,11,12,13). The van der Waals surface area contributed by atoms with Gasteiger partial charge in [0, 0.05) is 12.6 Å². The zero-order valence-electron chi connectivity index (χ0n) is 8.66. The van der Waals surface area contributed by atoms with Crippen LogP contribution in [0.25, 0.3) is 0 Å². The fraction of sp³-hybridized carbons (Fsp3) is 0.556. The smallest absolute Gasteiger partial charge is 0.223 e. The molecular weight excluding hydrogens is 183 g/mol. The molecule has 0 bridgehead atoms. The van der Waals surface area contributed by atoms with Crippen LogP contribution in [0.4, 0.5) is 10.3 Å². The number of hydrogen-bond donors (Lipinski definition) is 1. The van der Waals surface area contributed by atoms with Crippen molar-refractivity contribution >= 4 is 5.95 Å². The van der Waals surface area contributed by atoms with Crippen molar-refractivity contribution in [1.29, 1.82) is 0 Å². The maximum absolute atomic E-state index is 12.5. The summed E-state index contributed by atoms with van der Waals surface area (Å²) in [6, 6.07) is 0.232. The molecule has 1 aromatic rings. The summed E-state index contributed by atoms with van der Waals surface area (Å²) in [6.07, 6.45) is 2.30. The van der Waals surface area contributed by atoms with E-state index in [-0.39, 0.29) is 6.04 Å². The molecule has 0 amide bonds. The highest BCUT2D eigenvalue weighted by Gasteiger charge is 2.04. The van der Waals surface area contributed by atoms with E-state index in [1.165, 1.54) is 0 Å². The third-order valence-corrected chi connectivity index (χ3v) is 1.63. The van der Waals surface area contributed by atoms with Crippen molar-refractivity contribution in [3.05, 3.63) is 18.2 Å². The molecule has 0 fully saturated rings. The summed E-state index contributed by atoms with van der Waals surface area (Å²) in [5.74, 6) is 0.0385. The van der Waals surface area contributed by atoms with Crippen LogP contribution in [0.3, 0.4) is 0 Å². The quantitative estimate of drug-likeness (QED) is 0.783. The van der Waals surface area contributed by atoms with Gasteiger partial charge < -0.3 is 10.2 Å². The molecular formula is C9H15FN4. The lowest BCUT2D eigenvalue weighted by Crippen LogP contribution is -2.30. The van der Waals surface area contributed by atoms with Crippen molar-refractivity contribution in [2.75, 3.05) is 26.0 Å². The number of aromatic nitrogens is 2. The normalized spacial score (nSPS) is 12.9. The molecule has 14 heavy (non-hydrogen) atoms. The predicted molar refractivity (Wildman–Crippen MR) is 53.6 cm³/mol. The number of anilines is 1. The molecule has 1 N–H and O–H groups in total. The average Bonchev–Trinajstić information content (AvgIpc) is 2.07. The van der Waals surface area contributed by atoms with Crippen molar-refractivity contribution in [3.63, 3.8) is 0 Å². The molecule has 0 saturated carbocycles. The van der Waals surface area contributed by atoms with Gasteiger partial charge in [0.25, 0.3) is 0 Å². The van der Waals surface area contributed by atoms with Gasteiger partial charge in [-0.05, 0) is 21.0 Å². The first kappa shape index (κ1) is 10.8. The lowest BCUT2D eigenvalue weighted by molar-refractivity contribution is 0.391. The van der Waals surface area contributed by atoms with Crippen LogP contribution in [0.5, 0.6) is 0 Å². The summed E-state index contributed by atoms with van der Waals surface area (Å²) in [7, 11) is 3.98. The zero-order valence-corrected chi connectivity index (χ0v) is 8.66. The van der Waals surface area contributed by atoms with E-state index in [9.17, 15) is 4.39 Å². The van der Waals surface area contributed by atoms with E-state index >= 15 is 0 Å².